The standard InChI is InChI=1S/C26H20FN3O5/c27-19-7-3-1-6-17(19)25-28-12-20(26(34)30(25)13-24(32)33)29-21(14-31)15-9-10-23-18(11-15)16-5-2-4-8-22(16)35-23/h1-12,21,29,31H,13-14H2,(H,32,33)/t21-/m1/s1. The van der Waals surface area contributed by atoms with Crippen LogP contribution >= 0.6 is 0 Å². The molecule has 3 N–H and O–H groups in total. The summed E-state index contributed by atoms with van der Waals surface area (Å²) in [5.74, 6) is -2.01. The van der Waals surface area contributed by atoms with E-state index in [0.29, 0.717) is 11.1 Å². The summed E-state index contributed by atoms with van der Waals surface area (Å²) < 4.78 is 21.1. The van der Waals surface area contributed by atoms with Crippen molar-refractivity contribution in [1.29, 1.82) is 0 Å². The maximum Gasteiger partial charge on any atom is 0.323 e. The Kier molecular flexibility index (Phi) is 5.76. The van der Waals surface area contributed by atoms with Crippen LogP contribution in [0.3, 0.4) is 0 Å². The molecule has 0 aliphatic heterocycles. The summed E-state index contributed by atoms with van der Waals surface area (Å²) in [6, 6.07) is 18.0. The molecule has 0 aliphatic rings. The molecule has 35 heavy (non-hydrogen) atoms. The summed E-state index contributed by atoms with van der Waals surface area (Å²) in [5, 5.41) is 24.2. The number of furan rings is 1. The minimum Gasteiger partial charge on any atom is -0.480 e. The number of nitrogens with zero attached hydrogens (tertiary/aromatic N) is 2. The number of aromatic nitrogens is 2. The number of carbonyl (C=O) groups is 1. The molecular formula is C26H20FN3O5. The van der Waals surface area contributed by atoms with Gasteiger partial charge in [-0.2, -0.15) is 0 Å². The van der Waals surface area contributed by atoms with Gasteiger partial charge in [0.05, 0.1) is 24.4 Å². The number of benzene rings is 3. The highest BCUT2D eigenvalue weighted by Gasteiger charge is 2.20. The normalized spacial score (nSPS) is 12.2. The largest absolute Gasteiger partial charge is 0.480 e. The molecule has 2 heterocycles. The number of fused-ring (bicyclic) bond motifs is 3. The minimum absolute atomic E-state index is 0.00777. The zero-order valence-corrected chi connectivity index (χ0v) is 18.3. The van der Waals surface area contributed by atoms with Gasteiger partial charge in [0.1, 0.15) is 35.0 Å². The number of halogens is 1. The molecule has 0 saturated carbocycles. The van der Waals surface area contributed by atoms with Crippen molar-refractivity contribution in [2.24, 2.45) is 0 Å². The number of aliphatic carboxylic acids is 1. The number of carboxylic acids is 1. The third kappa shape index (κ3) is 4.13. The Bertz CT molecular complexity index is 1630. The van der Waals surface area contributed by atoms with Crippen LogP contribution in [0.4, 0.5) is 10.1 Å². The van der Waals surface area contributed by atoms with E-state index in [9.17, 15) is 24.2 Å². The number of aliphatic hydroxyl groups is 1. The predicted octanol–water partition coefficient (Wildman–Crippen LogP) is 4.18. The molecule has 9 heteroatoms. The van der Waals surface area contributed by atoms with E-state index in [-0.39, 0.29) is 23.7 Å². The fourth-order valence-corrected chi connectivity index (χ4v) is 4.11. The van der Waals surface area contributed by atoms with Gasteiger partial charge in [-0.15, -0.1) is 0 Å². The maximum atomic E-state index is 14.4. The van der Waals surface area contributed by atoms with Crippen molar-refractivity contribution in [3.8, 4) is 11.4 Å². The Balaban J connectivity index is 1.55. The quantitative estimate of drug-likeness (QED) is 0.325. The molecule has 0 radical (unpaired) electrons. The Hall–Kier alpha value is -4.50. The molecule has 176 valence electrons. The van der Waals surface area contributed by atoms with Crippen LogP contribution in [0.2, 0.25) is 0 Å². The lowest BCUT2D eigenvalue weighted by Crippen LogP contribution is -2.30. The molecule has 5 rings (SSSR count). The summed E-state index contributed by atoms with van der Waals surface area (Å²) in [4.78, 5) is 28.9. The smallest absolute Gasteiger partial charge is 0.323 e. The van der Waals surface area contributed by atoms with E-state index in [1.54, 1.807) is 18.2 Å². The van der Waals surface area contributed by atoms with E-state index in [0.717, 1.165) is 20.9 Å². The lowest BCUT2D eigenvalue weighted by molar-refractivity contribution is -0.137. The lowest BCUT2D eigenvalue weighted by atomic mass is 10.0. The summed E-state index contributed by atoms with van der Waals surface area (Å²) in [7, 11) is 0. The van der Waals surface area contributed by atoms with Crippen LogP contribution in [-0.2, 0) is 11.3 Å². The van der Waals surface area contributed by atoms with Gasteiger partial charge < -0.3 is 19.9 Å². The Labute approximate surface area is 197 Å². The lowest BCUT2D eigenvalue weighted by Gasteiger charge is -2.19. The average molecular weight is 473 g/mol. The van der Waals surface area contributed by atoms with Crippen LogP contribution < -0.4 is 10.9 Å². The van der Waals surface area contributed by atoms with Gasteiger partial charge in [0.25, 0.3) is 5.56 Å². The van der Waals surface area contributed by atoms with Crippen molar-refractivity contribution in [3.05, 3.63) is 94.7 Å². The van der Waals surface area contributed by atoms with Crippen molar-refractivity contribution in [2.45, 2.75) is 12.6 Å². The number of aliphatic hydroxyl groups excluding tert-OH is 1. The van der Waals surface area contributed by atoms with Gasteiger partial charge in [0, 0.05) is 10.8 Å². The van der Waals surface area contributed by atoms with Crippen molar-refractivity contribution in [1.82, 2.24) is 9.55 Å². The van der Waals surface area contributed by atoms with Gasteiger partial charge in [-0.25, -0.2) is 9.37 Å². The Morgan fingerprint density at radius 2 is 1.80 bits per heavy atom. The first-order valence-corrected chi connectivity index (χ1v) is 10.8. The van der Waals surface area contributed by atoms with Crippen LogP contribution in [-0.4, -0.2) is 32.3 Å². The number of rotatable bonds is 7. The van der Waals surface area contributed by atoms with E-state index in [1.165, 1.54) is 24.4 Å². The van der Waals surface area contributed by atoms with Gasteiger partial charge >= 0.3 is 5.97 Å². The number of anilines is 1. The monoisotopic (exact) mass is 473 g/mol. The van der Waals surface area contributed by atoms with Gasteiger partial charge in [-0.3, -0.25) is 14.2 Å². The van der Waals surface area contributed by atoms with Crippen LogP contribution in [0, 0.1) is 5.82 Å². The molecule has 0 amide bonds. The summed E-state index contributed by atoms with van der Waals surface area (Å²) in [6.07, 6.45) is 1.22. The van der Waals surface area contributed by atoms with E-state index in [2.05, 4.69) is 10.3 Å². The van der Waals surface area contributed by atoms with E-state index >= 15 is 0 Å². The Morgan fingerprint density at radius 1 is 1.06 bits per heavy atom. The molecule has 2 aromatic heterocycles. The predicted molar refractivity (Wildman–Crippen MR) is 129 cm³/mol. The van der Waals surface area contributed by atoms with Crippen LogP contribution in [0.1, 0.15) is 11.6 Å². The van der Waals surface area contributed by atoms with Crippen molar-refractivity contribution in [2.75, 3.05) is 11.9 Å². The second-order valence-electron chi connectivity index (χ2n) is 7.99. The average Bonchev–Trinajstić information content (AvgIpc) is 3.23. The zero-order chi connectivity index (χ0) is 24.5. The third-order valence-corrected chi connectivity index (χ3v) is 5.77. The third-order valence-electron chi connectivity index (χ3n) is 5.77. The topological polar surface area (TPSA) is 118 Å². The highest BCUT2D eigenvalue weighted by molar-refractivity contribution is 6.05. The second-order valence-corrected chi connectivity index (χ2v) is 7.99. The second kappa shape index (κ2) is 9.03. The molecule has 5 aromatic rings. The highest BCUT2D eigenvalue weighted by Crippen LogP contribution is 2.31. The molecule has 0 spiro atoms. The summed E-state index contributed by atoms with van der Waals surface area (Å²) in [6.45, 7) is -1.06. The number of carboxylic acid groups (broad SMARTS) is 1. The molecular weight excluding hydrogens is 453 g/mol. The Morgan fingerprint density at radius 3 is 2.57 bits per heavy atom. The van der Waals surface area contributed by atoms with Gasteiger partial charge in [0.2, 0.25) is 0 Å². The number of hydrogen-bond acceptors (Lipinski definition) is 6. The van der Waals surface area contributed by atoms with Crippen LogP contribution in [0.25, 0.3) is 33.3 Å². The molecule has 0 unspecified atom stereocenters. The molecule has 0 fully saturated rings. The molecule has 0 aliphatic carbocycles. The molecule has 1 atom stereocenters. The first-order chi connectivity index (χ1) is 17.0. The van der Waals surface area contributed by atoms with Gasteiger partial charge in [-0.05, 0) is 35.9 Å². The van der Waals surface area contributed by atoms with Crippen LogP contribution in [0.5, 0.6) is 0 Å². The first kappa shape index (κ1) is 22.3. The minimum atomic E-state index is -1.28. The fraction of sp³-hybridized carbons (Fsp3) is 0.115. The van der Waals surface area contributed by atoms with Crippen molar-refractivity contribution >= 4 is 33.6 Å². The summed E-state index contributed by atoms with van der Waals surface area (Å²) in [5.41, 5.74) is 1.39. The van der Waals surface area contributed by atoms with Crippen molar-refractivity contribution < 1.29 is 23.8 Å². The SMILES string of the molecule is O=C(O)Cn1c(-c2ccccc2F)ncc(N[C@H](CO)c2ccc3oc4ccccc4c3c2)c1=O. The number of nitrogens with one attached hydrogen (secondary N) is 1. The van der Waals surface area contributed by atoms with Gasteiger partial charge in [-0.1, -0.05) is 36.4 Å². The van der Waals surface area contributed by atoms with Crippen LogP contribution in [0.15, 0.2) is 82.1 Å². The fourth-order valence-electron chi connectivity index (χ4n) is 4.11. The first-order valence-electron chi connectivity index (χ1n) is 10.8. The molecule has 3 aromatic carbocycles. The number of hydrogen-bond donors (Lipinski definition) is 3. The molecule has 8 nitrogen and oxygen atoms in total. The van der Waals surface area contributed by atoms with Crippen molar-refractivity contribution in [3.63, 3.8) is 0 Å². The number of para-hydroxylation sites is 1. The van der Waals surface area contributed by atoms with E-state index in [4.69, 9.17) is 4.42 Å². The molecule has 0 saturated heterocycles. The maximum absolute atomic E-state index is 14.4. The van der Waals surface area contributed by atoms with E-state index in [1.807, 2.05) is 30.3 Å². The zero-order valence-electron chi connectivity index (χ0n) is 18.3. The molecule has 0 bridgehead atoms. The van der Waals surface area contributed by atoms with Gasteiger partial charge in [0.15, 0.2) is 0 Å². The highest BCUT2D eigenvalue weighted by atomic mass is 19.1. The summed E-state index contributed by atoms with van der Waals surface area (Å²) >= 11 is 0. The van der Waals surface area contributed by atoms with E-state index < -0.39 is 29.9 Å².